The maximum atomic E-state index is 12.7. The highest BCUT2D eigenvalue weighted by atomic mass is 32.2. The van der Waals surface area contributed by atoms with Crippen LogP contribution in [0, 0.1) is 0 Å². The quantitative estimate of drug-likeness (QED) is 0.843. The van der Waals surface area contributed by atoms with Crippen LogP contribution in [0.5, 0.6) is 0 Å². The average molecular weight is 367 g/mol. The van der Waals surface area contributed by atoms with Crippen molar-refractivity contribution >= 4 is 21.8 Å². The van der Waals surface area contributed by atoms with Gasteiger partial charge < -0.3 is 10.2 Å². The molecule has 0 bridgehead atoms. The van der Waals surface area contributed by atoms with Gasteiger partial charge in [-0.15, -0.1) is 0 Å². The fourth-order valence-corrected chi connectivity index (χ4v) is 4.46. The second-order valence-corrected chi connectivity index (χ2v) is 8.35. The third kappa shape index (κ3) is 4.58. The van der Waals surface area contributed by atoms with E-state index < -0.39 is 15.9 Å². The van der Waals surface area contributed by atoms with E-state index in [0.29, 0.717) is 12.1 Å². The second kappa shape index (κ2) is 7.97. The van der Waals surface area contributed by atoms with E-state index in [4.69, 9.17) is 0 Å². The van der Waals surface area contributed by atoms with Crippen molar-refractivity contribution in [2.45, 2.75) is 37.1 Å². The Labute approximate surface area is 149 Å². The number of rotatable bonds is 5. The number of likely N-dealkylation sites (N-methyl/N-ethyl adjacent to an activating group) is 1. The molecule has 0 spiro atoms. The summed E-state index contributed by atoms with van der Waals surface area (Å²) < 4.78 is 27.0. The molecule has 0 aliphatic carbocycles. The van der Waals surface area contributed by atoms with Crippen LogP contribution in [0.4, 0.5) is 0 Å². The van der Waals surface area contributed by atoms with E-state index in [9.17, 15) is 18.0 Å². The van der Waals surface area contributed by atoms with E-state index in [1.807, 2.05) is 6.92 Å². The Morgan fingerprint density at radius 3 is 2.40 bits per heavy atom. The first-order valence-electron chi connectivity index (χ1n) is 8.33. The summed E-state index contributed by atoms with van der Waals surface area (Å²) in [5.41, 5.74) is 0.317. The first-order chi connectivity index (χ1) is 11.7. The molecule has 0 radical (unpaired) electrons. The third-order valence-electron chi connectivity index (χ3n) is 4.36. The van der Waals surface area contributed by atoms with Gasteiger partial charge in [-0.3, -0.25) is 9.59 Å². The van der Waals surface area contributed by atoms with Gasteiger partial charge in [-0.2, -0.15) is 4.31 Å². The minimum Gasteiger partial charge on any atom is -0.347 e. The highest BCUT2D eigenvalue weighted by Gasteiger charge is 2.30. The highest BCUT2D eigenvalue weighted by Crippen LogP contribution is 2.25. The van der Waals surface area contributed by atoms with Gasteiger partial charge in [0, 0.05) is 32.2 Å². The van der Waals surface area contributed by atoms with E-state index in [1.54, 1.807) is 14.1 Å². The minimum absolute atomic E-state index is 0.0150. The highest BCUT2D eigenvalue weighted by molar-refractivity contribution is 7.89. The van der Waals surface area contributed by atoms with Crippen molar-refractivity contribution in [2.75, 3.05) is 27.2 Å². The maximum absolute atomic E-state index is 12.7. The Balaban J connectivity index is 2.08. The molecule has 1 aliphatic heterocycles. The van der Waals surface area contributed by atoms with Crippen LogP contribution in [0.25, 0.3) is 0 Å². The van der Waals surface area contributed by atoms with Crippen LogP contribution in [0.1, 0.15) is 36.5 Å². The molecular weight excluding hydrogens is 342 g/mol. The summed E-state index contributed by atoms with van der Waals surface area (Å²) in [6.07, 6.45) is 2.77. The van der Waals surface area contributed by atoms with Gasteiger partial charge >= 0.3 is 0 Å². The van der Waals surface area contributed by atoms with E-state index >= 15 is 0 Å². The number of hydrogen-bond acceptors (Lipinski definition) is 4. The van der Waals surface area contributed by atoms with Gasteiger partial charge in [0.1, 0.15) is 0 Å². The number of carbonyl (C=O) groups is 2. The number of nitrogens with one attached hydrogen (secondary N) is 1. The first kappa shape index (κ1) is 19.4. The van der Waals surface area contributed by atoms with Gasteiger partial charge in [0.2, 0.25) is 15.9 Å². The molecule has 0 saturated carbocycles. The Hall–Kier alpha value is -1.93. The van der Waals surface area contributed by atoms with Crippen LogP contribution in [-0.4, -0.2) is 62.7 Å². The van der Waals surface area contributed by atoms with Crippen molar-refractivity contribution in [1.82, 2.24) is 14.5 Å². The van der Waals surface area contributed by atoms with Gasteiger partial charge in [0.15, 0.2) is 0 Å². The smallest absolute Gasteiger partial charge is 0.251 e. The van der Waals surface area contributed by atoms with E-state index in [-0.39, 0.29) is 23.4 Å². The summed E-state index contributed by atoms with van der Waals surface area (Å²) in [6, 6.07) is 5.81. The van der Waals surface area contributed by atoms with Crippen molar-refractivity contribution < 1.29 is 18.0 Å². The number of nitrogens with zero attached hydrogens (tertiary/aromatic N) is 2. The molecule has 2 amide bonds. The van der Waals surface area contributed by atoms with Crippen LogP contribution in [0.2, 0.25) is 0 Å². The molecule has 1 N–H and O–H groups in total. The Morgan fingerprint density at radius 2 is 1.84 bits per heavy atom. The predicted octanol–water partition coefficient (Wildman–Crippen LogP) is 1.07. The minimum atomic E-state index is -3.55. The molecular formula is C17H25N3O4S. The molecule has 1 aliphatic rings. The lowest BCUT2D eigenvalue weighted by Crippen LogP contribution is -2.41. The summed E-state index contributed by atoms with van der Waals surface area (Å²) >= 11 is 0. The summed E-state index contributed by atoms with van der Waals surface area (Å²) in [7, 11) is -0.336. The number of carbonyl (C=O) groups excluding carboxylic acids is 2. The molecule has 0 aromatic heterocycles. The molecule has 1 aromatic rings. The van der Waals surface area contributed by atoms with E-state index in [1.165, 1.54) is 33.5 Å². The largest absolute Gasteiger partial charge is 0.347 e. The zero-order valence-corrected chi connectivity index (χ0v) is 15.7. The van der Waals surface area contributed by atoms with Gasteiger partial charge in [-0.05, 0) is 44.0 Å². The average Bonchev–Trinajstić information content (AvgIpc) is 2.59. The van der Waals surface area contributed by atoms with Crippen LogP contribution < -0.4 is 5.32 Å². The van der Waals surface area contributed by atoms with Gasteiger partial charge in [-0.25, -0.2) is 8.42 Å². The zero-order valence-electron chi connectivity index (χ0n) is 14.9. The predicted molar refractivity (Wildman–Crippen MR) is 94.7 cm³/mol. The summed E-state index contributed by atoms with van der Waals surface area (Å²) in [4.78, 5) is 25.1. The molecule has 1 saturated heterocycles. The molecule has 138 valence electrons. The second-order valence-electron chi connectivity index (χ2n) is 6.46. The van der Waals surface area contributed by atoms with Crippen LogP contribution in [0.3, 0.4) is 0 Å². The summed E-state index contributed by atoms with van der Waals surface area (Å²) in [5.74, 6) is -0.628. The van der Waals surface area contributed by atoms with Crippen molar-refractivity contribution in [3.8, 4) is 0 Å². The SMILES string of the molecule is CC1CCCCN1S(=O)(=O)c1ccc(C(=O)NCC(=O)N(C)C)cc1. The lowest BCUT2D eigenvalue weighted by atomic mass is 10.1. The van der Waals surface area contributed by atoms with E-state index in [2.05, 4.69) is 5.32 Å². The molecule has 1 atom stereocenters. The number of sulfonamides is 1. The standard InChI is InChI=1S/C17H25N3O4S/c1-13-6-4-5-11-20(13)25(23,24)15-9-7-14(8-10-15)17(22)18-12-16(21)19(2)3/h7-10,13H,4-6,11-12H2,1-3H3,(H,18,22). The zero-order chi connectivity index (χ0) is 18.6. The molecule has 1 unspecified atom stereocenters. The first-order valence-corrected chi connectivity index (χ1v) is 9.77. The lowest BCUT2D eigenvalue weighted by Gasteiger charge is -2.32. The van der Waals surface area contributed by atoms with Gasteiger partial charge in [0.05, 0.1) is 11.4 Å². The Morgan fingerprint density at radius 1 is 1.20 bits per heavy atom. The summed E-state index contributed by atoms with van der Waals surface area (Å²) in [6.45, 7) is 2.34. The van der Waals surface area contributed by atoms with Crippen LogP contribution in [-0.2, 0) is 14.8 Å². The number of hydrogen-bond donors (Lipinski definition) is 1. The Kier molecular flexibility index (Phi) is 6.18. The van der Waals surface area contributed by atoms with Crippen molar-refractivity contribution in [2.24, 2.45) is 0 Å². The number of amides is 2. The van der Waals surface area contributed by atoms with Crippen molar-refractivity contribution in [3.05, 3.63) is 29.8 Å². The van der Waals surface area contributed by atoms with Crippen molar-refractivity contribution in [3.63, 3.8) is 0 Å². The fourth-order valence-electron chi connectivity index (χ4n) is 2.76. The maximum Gasteiger partial charge on any atom is 0.251 e. The van der Waals surface area contributed by atoms with Crippen molar-refractivity contribution in [1.29, 1.82) is 0 Å². The third-order valence-corrected chi connectivity index (χ3v) is 6.39. The van der Waals surface area contributed by atoms with Crippen LogP contribution >= 0.6 is 0 Å². The molecule has 7 nitrogen and oxygen atoms in total. The molecule has 1 heterocycles. The topological polar surface area (TPSA) is 86.8 Å². The Bertz CT molecular complexity index is 729. The molecule has 1 aromatic carbocycles. The molecule has 25 heavy (non-hydrogen) atoms. The van der Waals surface area contributed by atoms with Gasteiger partial charge in [-0.1, -0.05) is 6.42 Å². The van der Waals surface area contributed by atoms with Gasteiger partial charge in [0.25, 0.3) is 5.91 Å². The lowest BCUT2D eigenvalue weighted by molar-refractivity contribution is -0.127. The van der Waals surface area contributed by atoms with Crippen LogP contribution in [0.15, 0.2) is 29.2 Å². The molecule has 2 rings (SSSR count). The summed E-state index contributed by atoms with van der Waals surface area (Å²) in [5, 5.41) is 2.52. The number of piperidine rings is 1. The molecule has 1 fully saturated rings. The molecule has 8 heteroatoms. The monoisotopic (exact) mass is 367 g/mol. The number of benzene rings is 1. The normalized spacial score (nSPS) is 18.6. The fraction of sp³-hybridized carbons (Fsp3) is 0.529. The van der Waals surface area contributed by atoms with E-state index in [0.717, 1.165) is 19.3 Å².